The number of methoxy groups -OCH3 is 1. The molecule has 0 atom stereocenters. The summed E-state index contributed by atoms with van der Waals surface area (Å²) in [5.74, 6) is 0.605. The number of aryl methyl sites for hydroxylation is 1. The van der Waals surface area contributed by atoms with E-state index in [1.807, 2.05) is 18.2 Å². The van der Waals surface area contributed by atoms with Gasteiger partial charge in [0.05, 0.1) is 17.3 Å². The average molecular weight is 340 g/mol. The molecule has 0 amide bonds. The predicted molar refractivity (Wildman–Crippen MR) is 102 cm³/mol. The number of phenols is 1. The summed E-state index contributed by atoms with van der Waals surface area (Å²) < 4.78 is 6.30. The summed E-state index contributed by atoms with van der Waals surface area (Å²) in [5, 5.41) is 14.0. The van der Waals surface area contributed by atoms with Gasteiger partial charge in [0.15, 0.2) is 11.5 Å². The third kappa shape index (κ3) is 3.36. The Labute approximate surface area is 145 Å². The van der Waals surface area contributed by atoms with E-state index in [9.17, 15) is 5.11 Å². The van der Waals surface area contributed by atoms with Crippen molar-refractivity contribution < 1.29 is 9.84 Å². The van der Waals surface area contributed by atoms with Crippen molar-refractivity contribution in [2.45, 2.75) is 13.8 Å². The first-order chi connectivity index (χ1) is 11.6. The summed E-state index contributed by atoms with van der Waals surface area (Å²) in [5.41, 5.74) is 4.33. The number of fused-ring (bicyclic) bond motifs is 1. The minimum Gasteiger partial charge on any atom is -0.504 e. The van der Waals surface area contributed by atoms with Crippen molar-refractivity contribution >= 4 is 39.4 Å². The van der Waals surface area contributed by atoms with Crippen LogP contribution in [0.3, 0.4) is 0 Å². The van der Waals surface area contributed by atoms with Gasteiger partial charge in [-0.25, -0.2) is 4.98 Å². The summed E-state index contributed by atoms with van der Waals surface area (Å²) >= 11 is 1.66. The van der Waals surface area contributed by atoms with Gasteiger partial charge in [-0.3, -0.25) is 0 Å². The lowest BCUT2D eigenvalue weighted by Gasteiger charge is -2.06. The molecule has 0 aliphatic rings. The molecule has 0 saturated heterocycles. The van der Waals surface area contributed by atoms with E-state index in [1.165, 1.54) is 10.3 Å². The molecule has 0 aliphatic heterocycles. The number of hydrogen-bond donors (Lipinski definition) is 2. The third-order valence-electron chi connectivity index (χ3n) is 3.74. The van der Waals surface area contributed by atoms with Crippen molar-refractivity contribution in [1.82, 2.24) is 4.98 Å². The highest BCUT2D eigenvalue weighted by Gasteiger charge is 2.06. The van der Waals surface area contributed by atoms with Gasteiger partial charge in [0.2, 0.25) is 0 Å². The highest BCUT2D eigenvalue weighted by atomic mass is 32.1. The van der Waals surface area contributed by atoms with Crippen molar-refractivity contribution in [2.24, 2.45) is 0 Å². The van der Waals surface area contributed by atoms with Gasteiger partial charge < -0.3 is 15.2 Å². The predicted octanol–water partition coefficient (Wildman–Crippen LogP) is 4.92. The number of aromatic hydroxyl groups is 1. The van der Waals surface area contributed by atoms with Crippen LogP contribution in [-0.4, -0.2) is 23.7 Å². The van der Waals surface area contributed by atoms with Crippen molar-refractivity contribution in [3.8, 4) is 11.5 Å². The second kappa shape index (κ2) is 6.93. The van der Waals surface area contributed by atoms with E-state index in [0.717, 1.165) is 28.3 Å². The number of phenolic OH excluding ortho intramolecular Hbond substituents is 1. The molecule has 1 aromatic heterocycles. The Morgan fingerprint density at radius 3 is 2.83 bits per heavy atom. The standard InChI is InChI=1S/C19H20N2O2S/c1-4-20-14-11-18-15(9-12(14)2)21-19(24-18)8-6-13-5-7-16(22)17(10-13)23-3/h5-11,20,22H,4H2,1-3H3. The van der Waals surface area contributed by atoms with Gasteiger partial charge in [-0.15, -0.1) is 11.3 Å². The SMILES string of the molecule is CCNc1cc2sc(C=Cc3ccc(O)c(OC)c3)nc2cc1C. The summed E-state index contributed by atoms with van der Waals surface area (Å²) in [7, 11) is 1.54. The minimum atomic E-state index is 0.140. The number of rotatable bonds is 5. The zero-order valence-electron chi connectivity index (χ0n) is 14.0. The fraction of sp³-hybridized carbons (Fsp3) is 0.211. The Morgan fingerprint density at radius 1 is 1.25 bits per heavy atom. The number of aromatic nitrogens is 1. The summed E-state index contributed by atoms with van der Waals surface area (Å²) in [6, 6.07) is 9.54. The number of anilines is 1. The van der Waals surface area contributed by atoms with Crippen LogP contribution >= 0.6 is 11.3 Å². The number of nitrogens with zero attached hydrogens (tertiary/aromatic N) is 1. The van der Waals surface area contributed by atoms with Crippen molar-refractivity contribution in [2.75, 3.05) is 19.0 Å². The first-order valence-electron chi connectivity index (χ1n) is 7.81. The maximum atomic E-state index is 9.65. The molecule has 0 radical (unpaired) electrons. The zero-order valence-corrected chi connectivity index (χ0v) is 14.8. The summed E-state index contributed by atoms with van der Waals surface area (Å²) in [4.78, 5) is 4.67. The minimum absolute atomic E-state index is 0.140. The van der Waals surface area contributed by atoms with E-state index < -0.39 is 0 Å². The van der Waals surface area contributed by atoms with Crippen LogP contribution in [-0.2, 0) is 0 Å². The zero-order chi connectivity index (χ0) is 17.1. The van der Waals surface area contributed by atoms with Crippen LogP contribution in [0.5, 0.6) is 11.5 Å². The van der Waals surface area contributed by atoms with Crippen LogP contribution in [0.2, 0.25) is 0 Å². The highest BCUT2D eigenvalue weighted by molar-refractivity contribution is 7.19. The Morgan fingerprint density at radius 2 is 2.08 bits per heavy atom. The van der Waals surface area contributed by atoms with Crippen molar-refractivity contribution in [3.63, 3.8) is 0 Å². The Balaban J connectivity index is 1.89. The van der Waals surface area contributed by atoms with Gasteiger partial charge in [0.1, 0.15) is 5.01 Å². The molecule has 0 bridgehead atoms. The van der Waals surface area contributed by atoms with Gasteiger partial charge in [-0.05, 0) is 55.3 Å². The lowest BCUT2D eigenvalue weighted by molar-refractivity contribution is 0.373. The second-order valence-corrected chi connectivity index (χ2v) is 6.54. The second-order valence-electron chi connectivity index (χ2n) is 5.48. The van der Waals surface area contributed by atoms with Crippen molar-refractivity contribution in [3.05, 3.63) is 46.5 Å². The first kappa shape index (κ1) is 16.3. The number of nitrogens with one attached hydrogen (secondary N) is 1. The van der Waals surface area contributed by atoms with Crippen LogP contribution < -0.4 is 10.1 Å². The molecule has 5 heteroatoms. The summed E-state index contributed by atoms with van der Waals surface area (Å²) in [6.45, 7) is 5.09. The molecular formula is C19H20N2O2S. The molecule has 0 saturated carbocycles. The molecule has 1 heterocycles. The number of ether oxygens (including phenoxy) is 1. The molecule has 3 aromatic rings. The molecule has 4 nitrogen and oxygen atoms in total. The number of thiazole rings is 1. The van der Waals surface area contributed by atoms with Crippen LogP contribution in [0.15, 0.2) is 30.3 Å². The Bertz CT molecular complexity index is 900. The molecule has 24 heavy (non-hydrogen) atoms. The number of hydrogen-bond acceptors (Lipinski definition) is 5. The molecule has 0 unspecified atom stereocenters. The molecule has 0 fully saturated rings. The van der Waals surface area contributed by atoms with Crippen molar-refractivity contribution in [1.29, 1.82) is 0 Å². The quantitative estimate of drug-likeness (QED) is 0.692. The molecule has 124 valence electrons. The third-order valence-corrected chi connectivity index (χ3v) is 4.72. The maximum absolute atomic E-state index is 9.65. The molecule has 3 rings (SSSR count). The molecule has 0 aliphatic carbocycles. The van der Waals surface area contributed by atoms with Crippen LogP contribution in [0.25, 0.3) is 22.4 Å². The summed E-state index contributed by atoms with van der Waals surface area (Å²) in [6.07, 6.45) is 3.95. The molecule has 0 spiro atoms. The number of benzene rings is 2. The van der Waals surface area contributed by atoms with Gasteiger partial charge in [0.25, 0.3) is 0 Å². The lowest BCUT2D eigenvalue weighted by Crippen LogP contribution is -1.98. The fourth-order valence-electron chi connectivity index (χ4n) is 2.51. The smallest absolute Gasteiger partial charge is 0.161 e. The van der Waals surface area contributed by atoms with E-state index in [-0.39, 0.29) is 5.75 Å². The first-order valence-corrected chi connectivity index (χ1v) is 8.62. The topological polar surface area (TPSA) is 54.4 Å². The lowest BCUT2D eigenvalue weighted by atomic mass is 10.2. The van der Waals surface area contributed by atoms with Gasteiger partial charge in [-0.2, -0.15) is 0 Å². The van der Waals surface area contributed by atoms with E-state index in [1.54, 1.807) is 30.6 Å². The largest absolute Gasteiger partial charge is 0.504 e. The molecular weight excluding hydrogens is 320 g/mol. The molecule has 2 N–H and O–H groups in total. The Kier molecular flexibility index (Phi) is 4.71. The monoisotopic (exact) mass is 340 g/mol. The van der Waals surface area contributed by atoms with Gasteiger partial charge in [0, 0.05) is 12.2 Å². The van der Waals surface area contributed by atoms with E-state index in [2.05, 4.69) is 36.3 Å². The Hall–Kier alpha value is -2.53. The molecule has 2 aromatic carbocycles. The highest BCUT2D eigenvalue weighted by Crippen LogP contribution is 2.30. The van der Waals surface area contributed by atoms with E-state index >= 15 is 0 Å². The van der Waals surface area contributed by atoms with Gasteiger partial charge in [-0.1, -0.05) is 12.1 Å². The van der Waals surface area contributed by atoms with E-state index in [4.69, 9.17) is 4.74 Å². The fourth-order valence-corrected chi connectivity index (χ4v) is 3.41. The van der Waals surface area contributed by atoms with Gasteiger partial charge >= 0.3 is 0 Å². The van der Waals surface area contributed by atoms with E-state index in [0.29, 0.717) is 5.75 Å². The normalized spacial score (nSPS) is 11.3. The average Bonchev–Trinajstić information content (AvgIpc) is 2.96. The van der Waals surface area contributed by atoms with Crippen LogP contribution in [0.1, 0.15) is 23.1 Å². The van der Waals surface area contributed by atoms with Crippen LogP contribution in [0.4, 0.5) is 5.69 Å². The van der Waals surface area contributed by atoms with Crippen LogP contribution in [0, 0.1) is 6.92 Å². The maximum Gasteiger partial charge on any atom is 0.161 e.